The molecule has 9 heteroatoms. The molecule has 2 aromatic heterocycles. The molecule has 1 aromatic carbocycles. The van der Waals surface area contributed by atoms with E-state index in [0.717, 1.165) is 0 Å². The number of nitrogens with one attached hydrogen (secondary N) is 2. The quantitative estimate of drug-likeness (QED) is 0.618. The lowest BCUT2D eigenvalue weighted by Crippen LogP contribution is -2.35. The Balaban J connectivity index is 1.69. The highest BCUT2D eigenvalue weighted by atomic mass is 19.1. The number of urea groups is 1. The second-order valence-corrected chi connectivity index (χ2v) is 5.71. The van der Waals surface area contributed by atoms with E-state index in [-0.39, 0.29) is 12.0 Å². The number of carbonyl (C=O) groups is 2. The van der Waals surface area contributed by atoms with Crippen LogP contribution in [0.5, 0.6) is 0 Å². The number of pyridine rings is 1. The van der Waals surface area contributed by atoms with Crippen molar-refractivity contribution in [2.45, 2.75) is 12.5 Å². The van der Waals surface area contributed by atoms with E-state index in [1.165, 1.54) is 24.4 Å². The number of benzene rings is 1. The van der Waals surface area contributed by atoms with Crippen molar-refractivity contribution in [1.82, 2.24) is 19.9 Å². The third-order valence-corrected chi connectivity index (χ3v) is 3.79. The van der Waals surface area contributed by atoms with Crippen LogP contribution in [0.25, 0.3) is 5.82 Å². The van der Waals surface area contributed by atoms with Gasteiger partial charge in [0.25, 0.3) is 0 Å². The lowest BCUT2D eigenvalue weighted by molar-refractivity contribution is -0.116. The monoisotopic (exact) mass is 368 g/mol. The molecule has 0 aliphatic rings. The van der Waals surface area contributed by atoms with Crippen LogP contribution in [-0.4, -0.2) is 26.5 Å². The average Bonchev–Trinajstić information content (AvgIpc) is 3.16. The number of carbonyl (C=O) groups excluding carboxylic acids is 2. The molecule has 0 saturated carbocycles. The van der Waals surface area contributed by atoms with Gasteiger partial charge in [0.05, 0.1) is 24.3 Å². The predicted molar refractivity (Wildman–Crippen MR) is 96.5 cm³/mol. The van der Waals surface area contributed by atoms with Crippen LogP contribution < -0.4 is 16.4 Å². The summed E-state index contributed by atoms with van der Waals surface area (Å²) in [7, 11) is 0. The first kappa shape index (κ1) is 18.1. The first-order valence-electron chi connectivity index (χ1n) is 8.07. The van der Waals surface area contributed by atoms with Crippen LogP contribution in [0.1, 0.15) is 18.0 Å². The fourth-order valence-corrected chi connectivity index (χ4v) is 2.57. The average molecular weight is 368 g/mol. The highest BCUT2D eigenvalue weighted by molar-refractivity contribution is 5.91. The van der Waals surface area contributed by atoms with Gasteiger partial charge in [-0.15, -0.1) is 0 Å². The number of nitrogens with zero attached hydrogens (tertiary/aromatic N) is 3. The third-order valence-electron chi connectivity index (χ3n) is 3.79. The van der Waals surface area contributed by atoms with Gasteiger partial charge < -0.3 is 16.4 Å². The van der Waals surface area contributed by atoms with E-state index < -0.39 is 23.8 Å². The Kier molecular flexibility index (Phi) is 5.41. The summed E-state index contributed by atoms with van der Waals surface area (Å²) in [6, 6.07) is 7.54. The first-order valence-corrected chi connectivity index (χ1v) is 8.07. The van der Waals surface area contributed by atoms with E-state index in [1.54, 1.807) is 41.5 Å². The molecule has 0 saturated heterocycles. The normalized spacial score (nSPS) is 11.6. The Morgan fingerprint density at radius 1 is 1.22 bits per heavy atom. The van der Waals surface area contributed by atoms with Crippen LogP contribution in [0, 0.1) is 5.82 Å². The van der Waals surface area contributed by atoms with Gasteiger partial charge in [0.2, 0.25) is 5.91 Å². The first-order chi connectivity index (χ1) is 13.0. The van der Waals surface area contributed by atoms with Crippen LogP contribution in [0.2, 0.25) is 0 Å². The number of halogens is 1. The summed E-state index contributed by atoms with van der Waals surface area (Å²) in [6.45, 7) is 0. The Labute approximate surface area is 154 Å². The SMILES string of the molecule is NC(=O)N[C@H](CC(=O)Nc1ccc(-n2ccnc2)nc1)c1ccccc1F. The van der Waals surface area contributed by atoms with Crippen molar-refractivity contribution in [2.75, 3.05) is 5.32 Å². The van der Waals surface area contributed by atoms with Gasteiger partial charge in [-0.1, -0.05) is 18.2 Å². The molecule has 0 aliphatic carbocycles. The second kappa shape index (κ2) is 8.09. The molecule has 0 radical (unpaired) electrons. The number of hydrogen-bond acceptors (Lipinski definition) is 4. The summed E-state index contributed by atoms with van der Waals surface area (Å²) in [4.78, 5) is 31.7. The zero-order valence-electron chi connectivity index (χ0n) is 14.2. The van der Waals surface area contributed by atoms with Crippen LogP contribution in [0.4, 0.5) is 14.9 Å². The number of amides is 3. The van der Waals surface area contributed by atoms with Crippen molar-refractivity contribution in [3.63, 3.8) is 0 Å². The number of aromatic nitrogens is 3. The van der Waals surface area contributed by atoms with Crippen molar-refractivity contribution in [3.05, 3.63) is 72.7 Å². The Morgan fingerprint density at radius 2 is 2.04 bits per heavy atom. The highest BCUT2D eigenvalue weighted by Crippen LogP contribution is 2.21. The maximum Gasteiger partial charge on any atom is 0.312 e. The number of nitrogens with two attached hydrogens (primary N) is 1. The zero-order valence-corrected chi connectivity index (χ0v) is 14.2. The minimum atomic E-state index is -0.887. The maximum absolute atomic E-state index is 14.0. The van der Waals surface area contributed by atoms with E-state index in [0.29, 0.717) is 11.5 Å². The Bertz CT molecular complexity index is 927. The van der Waals surface area contributed by atoms with Crippen molar-refractivity contribution in [2.24, 2.45) is 5.73 Å². The molecule has 3 rings (SSSR count). The van der Waals surface area contributed by atoms with Crippen LogP contribution in [0.3, 0.4) is 0 Å². The van der Waals surface area contributed by atoms with Gasteiger partial charge in [0, 0.05) is 18.0 Å². The van der Waals surface area contributed by atoms with Gasteiger partial charge in [0.1, 0.15) is 18.0 Å². The Hall–Kier alpha value is -3.75. The molecule has 0 aliphatic heterocycles. The molecule has 0 unspecified atom stereocenters. The molecule has 138 valence electrons. The van der Waals surface area contributed by atoms with Crippen LogP contribution in [-0.2, 0) is 4.79 Å². The smallest absolute Gasteiger partial charge is 0.312 e. The van der Waals surface area contributed by atoms with E-state index in [9.17, 15) is 14.0 Å². The van der Waals surface area contributed by atoms with Gasteiger partial charge in [-0.3, -0.25) is 9.36 Å². The van der Waals surface area contributed by atoms with Gasteiger partial charge >= 0.3 is 6.03 Å². The number of anilines is 1. The summed E-state index contributed by atoms with van der Waals surface area (Å²) in [5, 5.41) is 5.06. The molecule has 1 atom stereocenters. The molecule has 3 aromatic rings. The maximum atomic E-state index is 14.0. The summed E-state index contributed by atoms with van der Waals surface area (Å²) in [5.74, 6) is -0.310. The number of rotatable bonds is 6. The van der Waals surface area contributed by atoms with E-state index in [1.807, 2.05) is 0 Å². The van der Waals surface area contributed by atoms with Gasteiger partial charge in [-0.25, -0.2) is 19.2 Å². The topological polar surface area (TPSA) is 115 Å². The van der Waals surface area contributed by atoms with Crippen LogP contribution >= 0.6 is 0 Å². The summed E-state index contributed by atoms with van der Waals surface area (Å²) < 4.78 is 15.7. The van der Waals surface area contributed by atoms with Gasteiger partial charge in [-0.2, -0.15) is 0 Å². The molecule has 0 fully saturated rings. The number of hydrogen-bond donors (Lipinski definition) is 3. The molecular weight excluding hydrogens is 351 g/mol. The highest BCUT2D eigenvalue weighted by Gasteiger charge is 2.20. The van der Waals surface area contributed by atoms with E-state index in [4.69, 9.17) is 5.73 Å². The fourth-order valence-electron chi connectivity index (χ4n) is 2.57. The largest absolute Gasteiger partial charge is 0.352 e. The second-order valence-electron chi connectivity index (χ2n) is 5.71. The molecule has 27 heavy (non-hydrogen) atoms. The third kappa shape index (κ3) is 4.66. The summed E-state index contributed by atoms with van der Waals surface area (Å²) >= 11 is 0. The molecule has 8 nitrogen and oxygen atoms in total. The van der Waals surface area contributed by atoms with E-state index in [2.05, 4.69) is 20.6 Å². The lowest BCUT2D eigenvalue weighted by Gasteiger charge is -2.18. The minimum absolute atomic E-state index is 0.181. The van der Waals surface area contributed by atoms with Gasteiger partial charge in [-0.05, 0) is 18.2 Å². The standard InChI is InChI=1S/C18H17FN6O2/c19-14-4-2-1-3-13(14)15(24-18(20)27)9-17(26)23-12-5-6-16(22-10-12)25-8-7-21-11-25/h1-8,10-11,15H,9H2,(H,23,26)(H3,20,24,27)/t15-/m1/s1. The molecule has 4 N–H and O–H groups in total. The van der Waals surface area contributed by atoms with Crippen molar-refractivity contribution >= 4 is 17.6 Å². The minimum Gasteiger partial charge on any atom is -0.352 e. The number of primary amides is 1. The molecule has 2 heterocycles. The van der Waals surface area contributed by atoms with Gasteiger partial charge in [0.15, 0.2) is 0 Å². The van der Waals surface area contributed by atoms with Crippen LogP contribution in [0.15, 0.2) is 61.3 Å². The molecular formula is C18H17FN6O2. The molecule has 0 bridgehead atoms. The zero-order chi connectivity index (χ0) is 19.2. The fraction of sp³-hybridized carbons (Fsp3) is 0.111. The Morgan fingerprint density at radius 3 is 2.67 bits per heavy atom. The lowest BCUT2D eigenvalue weighted by atomic mass is 10.0. The molecule has 3 amide bonds. The van der Waals surface area contributed by atoms with Crippen molar-refractivity contribution < 1.29 is 14.0 Å². The summed E-state index contributed by atoms with van der Waals surface area (Å²) in [5.41, 5.74) is 5.80. The summed E-state index contributed by atoms with van der Waals surface area (Å²) in [6.07, 6.45) is 6.29. The van der Waals surface area contributed by atoms with E-state index >= 15 is 0 Å². The predicted octanol–water partition coefficient (Wildman–Crippen LogP) is 2.14. The van der Waals surface area contributed by atoms with Crippen molar-refractivity contribution in [3.8, 4) is 5.82 Å². The molecule has 0 spiro atoms. The number of imidazole rings is 1. The van der Waals surface area contributed by atoms with Crippen molar-refractivity contribution in [1.29, 1.82) is 0 Å².